The Balaban J connectivity index is 2.16. The Kier molecular flexibility index (Phi) is 4.99. The van der Waals surface area contributed by atoms with Gasteiger partial charge in [0.1, 0.15) is 6.04 Å². The molecule has 1 aromatic rings. The third-order valence-electron chi connectivity index (χ3n) is 4.16. The first kappa shape index (κ1) is 15.5. The second-order valence-corrected chi connectivity index (χ2v) is 5.71. The summed E-state index contributed by atoms with van der Waals surface area (Å²) in [5.74, 6) is 0.00487. The van der Waals surface area contributed by atoms with E-state index in [-0.39, 0.29) is 17.9 Å². The average molecular weight is 288 g/mol. The molecule has 1 aromatic carbocycles. The van der Waals surface area contributed by atoms with E-state index in [9.17, 15) is 9.59 Å². The summed E-state index contributed by atoms with van der Waals surface area (Å²) in [4.78, 5) is 26.4. The molecule has 0 saturated carbocycles. The van der Waals surface area contributed by atoms with E-state index in [1.807, 2.05) is 39.0 Å². The highest BCUT2D eigenvalue weighted by Crippen LogP contribution is 2.23. The van der Waals surface area contributed by atoms with Crippen molar-refractivity contribution in [3.05, 3.63) is 29.3 Å². The third kappa shape index (κ3) is 3.43. The van der Waals surface area contributed by atoms with Gasteiger partial charge in [-0.3, -0.25) is 9.59 Å². The Morgan fingerprint density at radius 3 is 2.52 bits per heavy atom. The molecule has 1 saturated heterocycles. The monoisotopic (exact) mass is 288 g/mol. The molecule has 4 heteroatoms. The van der Waals surface area contributed by atoms with E-state index in [2.05, 4.69) is 5.32 Å². The summed E-state index contributed by atoms with van der Waals surface area (Å²) in [5, 5.41) is 3.02. The number of hydrogen-bond donors (Lipinski definition) is 1. The summed E-state index contributed by atoms with van der Waals surface area (Å²) in [6.07, 6.45) is 3.19. The van der Waals surface area contributed by atoms with Crippen molar-refractivity contribution in [3.63, 3.8) is 0 Å². The van der Waals surface area contributed by atoms with E-state index in [1.165, 1.54) is 0 Å². The maximum absolute atomic E-state index is 12.6. The minimum Gasteiger partial charge on any atom is -0.331 e. The molecule has 1 aliphatic rings. The molecule has 0 bridgehead atoms. The molecule has 1 fully saturated rings. The Labute approximate surface area is 126 Å². The number of carbonyl (C=O) groups excluding carboxylic acids is 2. The van der Waals surface area contributed by atoms with Crippen LogP contribution in [0, 0.1) is 13.8 Å². The van der Waals surface area contributed by atoms with Crippen LogP contribution in [0.2, 0.25) is 0 Å². The third-order valence-corrected chi connectivity index (χ3v) is 4.16. The van der Waals surface area contributed by atoms with E-state index in [1.54, 1.807) is 4.90 Å². The molecular formula is C17H24N2O2. The maximum atomic E-state index is 12.6. The van der Waals surface area contributed by atoms with Crippen molar-refractivity contribution in [1.82, 2.24) is 4.90 Å². The summed E-state index contributed by atoms with van der Waals surface area (Å²) in [6, 6.07) is 5.62. The summed E-state index contributed by atoms with van der Waals surface area (Å²) >= 11 is 0. The van der Waals surface area contributed by atoms with E-state index in [0.717, 1.165) is 36.1 Å². The van der Waals surface area contributed by atoms with Crippen LogP contribution in [0.4, 0.5) is 5.69 Å². The van der Waals surface area contributed by atoms with Crippen LogP contribution < -0.4 is 5.32 Å². The van der Waals surface area contributed by atoms with Crippen molar-refractivity contribution >= 4 is 17.5 Å². The molecule has 1 atom stereocenters. The number of aryl methyl sites for hydroxylation is 2. The number of carbonyl (C=O) groups is 2. The topological polar surface area (TPSA) is 49.4 Å². The molecule has 1 aliphatic heterocycles. The van der Waals surface area contributed by atoms with Crippen LogP contribution in [0.3, 0.4) is 0 Å². The first-order valence-electron chi connectivity index (χ1n) is 7.71. The van der Waals surface area contributed by atoms with Gasteiger partial charge < -0.3 is 10.2 Å². The summed E-state index contributed by atoms with van der Waals surface area (Å²) in [5.41, 5.74) is 2.97. The van der Waals surface area contributed by atoms with E-state index in [0.29, 0.717) is 13.0 Å². The number of anilines is 1. The predicted molar refractivity (Wildman–Crippen MR) is 84.2 cm³/mol. The van der Waals surface area contributed by atoms with E-state index < -0.39 is 0 Å². The van der Waals surface area contributed by atoms with Gasteiger partial charge in [0, 0.05) is 18.7 Å². The molecule has 1 unspecified atom stereocenters. The summed E-state index contributed by atoms with van der Waals surface area (Å²) < 4.78 is 0. The van der Waals surface area contributed by atoms with Gasteiger partial charge in [-0.05, 0) is 44.2 Å². The minimum absolute atomic E-state index is 0.0612. The van der Waals surface area contributed by atoms with Gasteiger partial charge in [0.15, 0.2) is 0 Å². The number of nitrogens with zero attached hydrogens (tertiary/aromatic N) is 1. The molecule has 0 radical (unpaired) electrons. The molecule has 2 amide bonds. The number of benzene rings is 1. The molecular weight excluding hydrogens is 264 g/mol. The zero-order valence-corrected chi connectivity index (χ0v) is 13.1. The zero-order valence-electron chi connectivity index (χ0n) is 13.1. The van der Waals surface area contributed by atoms with E-state index >= 15 is 0 Å². The maximum Gasteiger partial charge on any atom is 0.247 e. The quantitative estimate of drug-likeness (QED) is 0.929. The molecule has 1 heterocycles. The molecule has 0 aliphatic carbocycles. The Morgan fingerprint density at radius 2 is 1.90 bits per heavy atom. The standard InChI is InChI=1S/C17H24N2O2/c1-4-15(20)19-11-6-5-10-14(19)17(21)18-16-12(2)8-7-9-13(16)3/h7-9,14H,4-6,10-11H2,1-3H3,(H,18,21). The van der Waals surface area contributed by atoms with Crippen LogP contribution >= 0.6 is 0 Å². The van der Waals surface area contributed by atoms with Gasteiger partial charge in [-0.2, -0.15) is 0 Å². The second kappa shape index (κ2) is 6.74. The van der Waals surface area contributed by atoms with Gasteiger partial charge in [0.05, 0.1) is 0 Å². The molecule has 4 nitrogen and oxygen atoms in total. The molecule has 114 valence electrons. The predicted octanol–water partition coefficient (Wildman–Crippen LogP) is 3.03. The SMILES string of the molecule is CCC(=O)N1CCCCC1C(=O)Nc1c(C)cccc1C. The highest BCUT2D eigenvalue weighted by Gasteiger charge is 2.31. The van der Waals surface area contributed by atoms with Gasteiger partial charge in [0.2, 0.25) is 11.8 Å². The summed E-state index contributed by atoms with van der Waals surface area (Å²) in [7, 11) is 0. The van der Waals surface area contributed by atoms with Gasteiger partial charge in [0.25, 0.3) is 0 Å². The smallest absolute Gasteiger partial charge is 0.247 e. The van der Waals surface area contributed by atoms with Crippen LogP contribution in [0.15, 0.2) is 18.2 Å². The van der Waals surface area contributed by atoms with Crippen LogP contribution in [-0.4, -0.2) is 29.3 Å². The van der Waals surface area contributed by atoms with Crippen molar-refractivity contribution < 1.29 is 9.59 Å². The highest BCUT2D eigenvalue weighted by atomic mass is 16.2. The molecule has 0 aromatic heterocycles. The fraction of sp³-hybridized carbons (Fsp3) is 0.529. The average Bonchev–Trinajstić information content (AvgIpc) is 2.50. The van der Waals surface area contributed by atoms with Crippen molar-refractivity contribution in [1.29, 1.82) is 0 Å². The first-order valence-corrected chi connectivity index (χ1v) is 7.71. The lowest BCUT2D eigenvalue weighted by molar-refractivity contribution is -0.140. The van der Waals surface area contributed by atoms with Gasteiger partial charge in [-0.1, -0.05) is 25.1 Å². The first-order chi connectivity index (χ1) is 10.0. The fourth-order valence-corrected chi connectivity index (χ4v) is 2.92. The number of hydrogen-bond acceptors (Lipinski definition) is 2. The number of amides is 2. The fourth-order valence-electron chi connectivity index (χ4n) is 2.92. The zero-order chi connectivity index (χ0) is 15.4. The number of rotatable bonds is 3. The Morgan fingerprint density at radius 1 is 1.24 bits per heavy atom. The minimum atomic E-state index is -0.329. The molecule has 21 heavy (non-hydrogen) atoms. The van der Waals surface area contributed by atoms with Crippen molar-refractivity contribution in [2.24, 2.45) is 0 Å². The van der Waals surface area contributed by atoms with E-state index in [4.69, 9.17) is 0 Å². The lowest BCUT2D eigenvalue weighted by Crippen LogP contribution is -2.49. The van der Waals surface area contributed by atoms with Crippen LogP contribution in [-0.2, 0) is 9.59 Å². The number of para-hydroxylation sites is 1. The van der Waals surface area contributed by atoms with Gasteiger partial charge in [-0.15, -0.1) is 0 Å². The number of nitrogens with one attached hydrogen (secondary N) is 1. The second-order valence-electron chi connectivity index (χ2n) is 5.71. The van der Waals surface area contributed by atoms with Gasteiger partial charge in [-0.25, -0.2) is 0 Å². The largest absolute Gasteiger partial charge is 0.331 e. The lowest BCUT2D eigenvalue weighted by atomic mass is 10.00. The van der Waals surface area contributed by atoms with Crippen LogP contribution in [0.5, 0.6) is 0 Å². The molecule has 2 rings (SSSR count). The summed E-state index contributed by atoms with van der Waals surface area (Å²) in [6.45, 7) is 6.51. The number of likely N-dealkylation sites (tertiary alicyclic amines) is 1. The van der Waals surface area contributed by atoms with Gasteiger partial charge >= 0.3 is 0 Å². The number of piperidine rings is 1. The molecule has 0 spiro atoms. The highest BCUT2D eigenvalue weighted by molar-refractivity contribution is 5.98. The lowest BCUT2D eigenvalue weighted by Gasteiger charge is -2.34. The van der Waals surface area contributed by atoms with Crippen molar-refractivity contribution in [2.45, 2.75) is 52.5 Å². The Hall–Kier alpha value is -1.84. The van der Waals surface area contributed by atoms with Crippen molar-refractivity contribution in [3.8, 4) is 0 Å². The van der Waals surface area contributed by atoms with Crippen LogP contribution in [0.1, 0.15) is 43.7 Å². The normalized spacial score (nSPS) is 18.4. The Bertz CT molecular complexity index is 519. The van der Waals surface area contributed by atoms with Crippen LogP contribution in [0.25, 0.3) is 0 Å². The van der Waals surface area contributed by atoms with Crippen molar-refractivity contribution in [2.75, 3.05) is 11.9 Å². The molecule has 1 N–H and O–H groups in total.